The lowest BCUT2D eigenvalue weighted by Gasteiger charge is -2.46. The summed E-state index contributed by atoms with van der Waals surface area (Å²) in [6.45, 7) is 0. The Morgan fingerprint density at radius 2 is 1.70 bits per heavy atom. The van der Waals surface area contributed by atoms with Crippen LogP contribution in [0.15, 0.2) is 53.3 Å². The Morgan fingerprint density at radius 3 is 2.33 bits per heavy atom. The van der Waals surface area contributed by atoms with Crippen molar-refractivity contribution in [3.05, 3.63) is 64.4 Å². The molecule has 1 saturated carbocycles. The minimum Gasteiger partial charge on any atom is -0.508 e. The van der Waals surface area contributed by atoms with Gasteiger partial charge in [0.05, 0.1) is 12.7 Å². The predicted molar refractivity (Wildman–Crippen MR) is 137 cm³/mol. The minimum atomic E-state index is -2.63. The maximum absolute atomic E-state index is 13.6. The summed E-state index contributed by atoms with van der Waals surface area (Å²) in [6.07, 6.45) is -0.261. The Bertz CT molecular complexity index is 1590. The Balaban J connectivity index is 1.57. The lowest BCUT2D eigenvalue weighted by atomic mass is 9.59. The number of esters is 1. The van der Waals surface area contributed by atoms with Gasteiger partial charge in [0.2, 0.25) is 5.78 Å². The van der Waals surface area contributed by atoms with E-state index in [0.29, 0.717) is 22.4 Å². The molecule has 2 aromatic carbocycles. The summed E-state index contributed by atoms with van der Waals surface area (Å²) < 4.78 is 4.38. The van der Waals surface area contributed by atoms with Gasteiger partial charge in [-0.05, 0) is 53.6 Å². The van der Waals surface area contributed by atoms with Gasteiger partial charge in [-0.25, -0.2) is 4.79 Å². The van der Waals surface area contributed by atoms with Crippen LogP contribution in [0.2, 0.25) is 0 Å². The molecule has 2 amide bonds. The van der Waals surface area contributed by atoms with E-state index in [9.17, 15) is 44.4 Å². The lowest BCUT2D eigenvalue weighted by Crippen LogP contribution is -2.58. The van der Waals surface area contributed by atoms with E-state index in [-0.39, 0.29) is 29.7 Å². The largest absolute Gasteiger partial charge is 0.508 e. The zero-order chi connectivity index (χ0) is 29.1. The van der Waals surface area contributed by atoms with Crippen LogP contribution in [0.5, 0.6) is 5.75 Å². The number of hydrogen-bond acceptors (Lipinski definition) is 10. The number of carbonyl (C=O) groups excluding carboxylic acids is 5. The molecule has 3 atom stereocenters. The van der Waals surface area contributed by atoms with Gasteiger partial charge in [-0.3, -0.25) is 19.2 Å². The number of amides is 2. The topological polar surface area (TPSA) is 214 Å². The van der Waals surface area contributed by atoms with Gasteiger partial charge in [-0.15, -0.1) is 0 Å². The second kappa shape index (κ2) is 9.35. The fourth-order valence-electron chi connectivity index (χ4n) is 5.90. The smallest absolute Gasteiger partial charge is 0.396 e. The predicted octanol–water partition coefficient (Wildman–Crippen LogP) is 1.20. The summed E-state index contributed by atoms with van der Waals surface area (Å²) in [4.78, 5) is 61.1. The molecule has 3 unspecified atom stereocenters. The first-order valence-electron chi connectivity index (χ1n) is 12.2. The van der Waals surface area contributed by atoms with E-state index in [1.807, 2.05) is 0 Å². The SMILES string of the molecule is COC(=O)C(=O)Nc1ccc(-c2ccc(O)c3c2CC2CC4CC(=O)C(C(N)=O)=C(O)C4(O)C(=O)C2=C3O)cc1. The molecule has 40 heavy (non-hydrogen) atoms. The highest BCUT2D eigenvalue weighted by molar-refractivity contribution is 6.37. The number of Topliss-reactive ketones (excluding diaryl/α,β-unsaturated/α-hetero) is 2. The maximum atomic E-state index is 13.6. The number of ether oxygens (including phenoxy) is 1. The van der Waals surface area contributed by atoms with Crippen molar-refractivity contribution in [2.24, 2.45) is 17.6 Å². The molecule has 3 aliphatic rings. The van der Waals surface area contributed by atoms with Gasteiger partial charge in [0.25, 0.3) is 5.91 Å². The number of hydrogen-bond donors (Lipinski definition) is 6. The van der Waals surface area contributed by atoms with Gasteiger partial charge in [0.1, 0.15) is 22.8 Å². The third kappa shape index (κ3) is 3.83. The number of fused-ring (bicyclic) bond motifs is 3. The van der Waals surface area contributed by atoms with Crippen LogP contribution in [-0.2, 0) is 35.1 Å². The number of rotatable bonds is 3. The number of anilines is 1. The molecule has 0 saturated heterocycles. The highest BCUT2D eigenvalue weighted by Gasteiger charge is 2.60. The zero-order valence-electron chi connectivity index (χ0n) is 21.1. The van der Waals surface area contributed by atoms with Gasteiger partial charge in [0, 0.05) is 23.6 Å². The molecule has 0 aromatic heterocycles. The molecular weight excluding hydrogens is 524 g/mol. The van der Waals surface area contributed by atoms with Gasteiger partial charge in [0.15, 0.2) is 11.4 Å². The number of carbonyl (C=O) groups is 5. The monoisotopic (exact) mass is 548 g/mol. The van der Waals surface area contributed by atoms with E-state index in [1.165, 1.54) is 6.07 Å². The fourth-order valence-corrected chi connectivity index (χ4v) is 5.90. The molecule has 3 aliphatic carbocycles. The number of primary amides is 1. The van der Waals surface area contributed by atoms with Gasteiger partial charge < -0.3 is 36.2 Å². The van der Waals surface area contributed by atoms with Crippen LogP contribution in [-0.4, -0.2) is 62.5 Å². The summed E-state index contributed by atoms with van der Waals surface area (Å²) in [5.74, 6) is -8.96. The van der Waals surface area contributed by atoms with Crippen molar-refractivity contribution in [2.45, 2.75) is 24.9 Å². The second-order valence-electron chi connectivity index (χ2n) is 9.92. The first-order chi connectivity index (χ1) is 18.9. The molecule has 0 bridgehead atoms. The normalized spacial score (nSPS) is 23.6. The zero-order valence-corrected chi connectivity index (χ0v) is 21.1. The fraction of sp³-hybridized carbons (Fsp3) is 0.250. The first kappa shape index (κ1) is 26.6. The quantitative estimate of drug-likeness (QED) is 0.183. The Kier molecular flexibility index (Phi) is 6.22. The van der Waals surface area contributed by atoms with E-state index in [0.717, 1.165) is 7.11 Å². The number of phenols is 1. The highest BCUT2D eigenvalue weighted by atomic mass is 16.5. The van der Waals surface area contributed by atoms with Crippen molar-refractivity contribution in [1.82, 2.24) is 0 Å². The van der Waals surface area contributed by atoms with Crippen molar-refractivity contribution >= 4 is 40.8 Å². The summed E-state index contributed by atoms with van der Waals surface area (Å²) in [7, 11) is 1.08. The molecule has 206 valence electrons. The number of aromatic hydroxyl groups is 1. The Labute approximate surface area is 226 Å². The van der Waals surface area contributed by atoms with Gasteiger partial charge >= 0.3 is 11.9 Å². The van der Waals surface area contributed by atoms with Crippen LogP contribution < -0.4 is 11.1 Å². The third-order valence-electron chi connectivity index (χ3n) is 7.77. The molecule has 7 N–H and O–H groups in total. The van der Waals surface area contributed by atoms with E-state index < -0.39 is 70.3 Å². The van der Waals surface area contributed by atoms with Crippen molar-refractivity contribution < 1.29 is 49.1 Å². The van der Waals surface area contributed by atoms with Gasteiger partial charge in [-0.1, -0.05) is 18.2 Å². The number of nitrogens with one attached hydrogen (secondary N) is 1. The number of methoxy groups -OCH3 is 1. The molecule has 2 aromatic rings. The van der Waals surface area contributed by atoms with Crippen LogP contribution >= 0.6 is 0 Å². The molecule has 0 spiro atoms. The number of benzene rings is 2. The van der Waals surface area contributed by atoms with E-state index in [2.05, 4.69) is 10.1 Å². The first-order valence-corrected chi connectivity index (χ1v) is 12.2. The summed E-state index contributed by atoms with van der Waals surface area (Å²) in [5, 5.41) is 46.3. The van der Waals surface area contributed by atoms with E-state index in [1.54, 1.807) is 30.3 Å². The van der Waals surface area contributed by atoms with Crippen LogP contribution in [0.25, 0.3) is 16.9 Å². The molecule has 5 rings (SSSR count). The van der Waals surface area contributed by atoms with Crippen LogP contribution in [0, 0.1) is 11.8 Å². The number of aliphatic hydroxyl groups is 3. The van der Waals surface area contributed by atoms with Crippen molar-refractivity contribution in [3.8, 4) is 16.9 Å². The molecule has 0 aliphatic heterocycles. The molecule has 0 radical (unpaired) electrons. The standard InChI is InChI=1S/C28H24N2O10/c1-40-27(38)26(37)30-14-4-2-11(3-5-14)15-6-7-17(31)20-16(15)9-12-8-13-10-18(32)21(25(29)36)24(35)28(13,39)23(34)19(12)22(20)33/h2-7,12-13,31,33,35,39H,8-10H2,1H3,(H2,29,36)(H,30,37). The number of ketones is 2. The summed E-state index contributed by atoms with van der Waals surface area (Å²) in [6, 6.07) is 9.33. The summed E-state index contributed by atoms with van der Waals surface area (Å²) >= 11 is 0. The molecule has 0 heterocycles. The van der Waals surface area contributed by atoms with Gasteiger partial charge in [-0.2, -0.15) is 0 Å². The number of nitrogens with two attached hydrogens (primary N) is 1. The van der Waals surface area contributed by atoms with Crippen LogP contribution in [0.3, 0.4) is 0 Å². The second-order valence-corrected chi connectivity index (χ2v) is 9.92. The Morgan fingerprint density at radius 1 is 1.02 bits per heavy atom. The maximum Gasteiger partial charge on any atom is 0.396 e. The average molecular weight is 549 g/mol. The summed E-state index contributed by atoms with van der Waals surface area (Å²) in [5.41, 5.74) is 3.49. The molecule has 12 nitrogen and oxygen atoms in total. The van der Waals surface area contributed by atoms with E-state index >= 15 is 0 Å². The highest BCUT2D eigenvalue weighted by Crippen LogP contribution is 2.53. The van der Waals surface area contributed by atoms with Crippen molar-refractivity contribution in [1.29, 1.82) is 0 Å². The van der Waals surface area contributed by atoms with E-state index in [4.69, 9.17) is 5.73 Å². The van der Waals surface area contributed by atoms with Crippen molar-refractivity contribution in [3.63, 3.8) is 0 Å². The average Bonchev–Trinajstić information content (AvgIpc) is 2.90. The third-order valence-corrected chi connectivity index (χ3v) is 7.77. The van der Waals surface area contributed by atoms with Crippen LogP contribution in [0.4, 0.5) is 5.69 Å². The molecule has 12 heteroatoms. The Hall–Kier alpha value is -4.97. The molecule has 1 fully saturated rings. The molecular formula is C28H24N2O10. The van der Waals surface area contributed by atoms with Crippen molar-refractivity contribution in [2.75, 3.05) is 12.4 Å². The van der Waals surface area contributed by atoms with Crippen LogP contribution in [0.1, 0.15) is 24.0 Å². The number of phenolic OH excluding ortho intramolecular Hbond substituents is 1. The lowest BCUT2D eigenvalue weighted by molar-refractivity contribution is -0.150. The minimum absolute atomic E-state index is 0.0104. The number of aliphatic hydroxyl groups excluding tert-OH is 2.